The van der Waals surface area contributed by atoms with Crippen molar-refractivity contribution in [1.29, 1.82) is 0 Å². The van der Waals surface area contributed by atoms with E-state index in [1.165, 1.54) is 32.1 Å². The lowest BCUT2D eigenvalue weighted by Gasteiger charge is -2.54. The lowest BCUT2D eigenvalue weighted by Crippen LogP contribution is -2.50. The van der Waals surface area contributed by atoms with Crippen molar-refractivity contribution in [3.63, 3.8) is 0 Å². The quantitative estimate of drug-likeness (QED) is 0.825. The first-order chi connectivity index (χ1) is 8.13. The SMILES string of the molecule is C[C@@H](N)C(=O)NCC1C2CC3CC(C2)CC1C3.Cl. The zero-order valence-corrected chi connectivity index (χ0v) is 11.9. The summed E-state index contributed by atoms with van der Waals surface area (Å²) in [6.45, 7) is 2.63. The van der Waals surface area contributed by atoms with Crippen molar-refractivity contribution in [2.24, 2.45) is 35.3 Å². The van der Waals surface area contributed by atoms with Gasteiger partial charge in [-0.2, -0.15) is 0 Å². The molecule has 3 N–H and O–H groups in total. The molecule has 0 radical (unpaired) electrons. The average Bonchev–Trinajstić information content (AvgIpc) is 2.26. The molecule has 1 atom stereocenters. The number of hydrogen-bond acceptors (Lipinski definition) is 2. The van der Waals surface area contributed by atoms with Crippen LogP contribution in [0.2, 0.25) is 0 Å². The van der Waals surface area contributed by atoms with Crippen molar-refractivity contribution in [1.82, 2.24) is 5.32 Å². The van der Waals surface area contributed by atoms with Gasteiger partial charge in [0.25, 0.3) is 0 Å². The van der Waals surface area contributed by atoms with E-state index in [0.29, 0.717) is 0 Å². The molecule has 0 unspecified atom stereocenters. The van der Waals surface area contributed by atoms with E-state index in [1.807, 2.05) is 0 Å². The molecule has 4 fully saturated rings. The highest BCUT2D eigenvalue weighted by Gasteiger charge is 2.47. The summed E-state index contributed by atoms with van der Waals surface area (Å²) < 4.78 is 0. The zero-order chi connectivity index (χ0) is 12.0. The van der Waals surface area contributed by atoms with Gasteiger partial charge in [0.2, 0.25) is 5.91 Å². The van der Waals surface area contributed by atoms with Gasteiger partial charge in [-0.05, 0) is 68.6 Å². The van der Waals surface area contributed by atoms with E-state index in [-0.39, 0.29) is 24.4 Å². The molecule has 104 valence electrons. The summed E-state index contributed by atoms with van der Waals surface area (Å²) in [5.74, 6) is 4.55. The van der Waals surface area contributed by atoms with E-state index in [0.717, 1.165) is 36.1 Å². The normalized spacial score (nSPS) is 42.2. The van der Waals surface area contributed by atoms with Crippen LogP contribution in [0.3, 0.4) is 0 Å². The second-order valence-corrected chi connectivity index (χ2v) is 6.63. The number of carbonyl (C=O) groups excluding carboxylic acids is 1. The first-order valence-corrected chi connectivity index (χ1v) is 7.16. The molecule has 4 aliphatic rings. The van der Waals surface area contributed by atoms with Crippen LogP contribution in [0.4, 0.5) is 0 Å². The third-order valence-electron chi connectivity index (χ3n) is 5.35. The maximum atomic E-state index is 11.5. The Labute approximate surface area is 116 Å². The van der Waals surface area contributed by atoms with Crippen LogP contribution in [-0.2, 0) is 4.79 Å². The minimum atomic E-state index is -0.369. The van der Waals surface area contributed by atoms with E-state index in [1.54, 1.807) is 6.92 Å². The molecule has 0 spiro atoms. The highest BCUT2D eigenvalue weighted by Crippen LogP contribution is 2.56. The largest absolute Gasteiger partial charge is 0.354 e. The van der Waals surface area contributed by atoms with Crippen LogP contribution < -0.4 is 11.1 Å². The predicted molar refractivity (Wildman–Crippen MR) is 74.4 cm³/mol. The average molecular weight is 273 g/mol. The predicted octanol–water partition coefficient (Wildman–Crippen LogP) is 1.94. The molecule has 0 aromatic rings. The summed E-state index contributed by atoms with van der Waals surface area (Å²) >= 11 is 0. The highest BCUT2D eigenvalue weighted by molar-refractivity contribution is 5.85. The van der Waals surface area contributed by atoms with Crippen LogP contribution in [0.1, 0.15) is 39.0 Å². The van der Waals surface area contributed by atoms with Crippen molar-refractivity contribution in [3.05, 3.63) is 0 Å². The molecule has 1 amide bonds. The van der Waals surface area contributed by atoms with Gasteiger partial charge in [-0.25, -0.2) is 0 Å². The fourth-order valence-electron chi connectivity index (χ4n) is 4.75. The molecule has 0 aromatic carbocycles. The van der Waals surface area contributed by atoms with Crippen molar-refractivity contribution in [2.45, 2.75) is 45.1 Å². The molecular formula is C14H25ClN2O. The first kappa shape index (κ1) is 14.1. The fraction of sp³-hybridized carbons (Fsp3) is 0.929. The molecule has 4 rings (SSSR count). The summed E-state index contributed by atoms with van der Waals surface area (Å²) in [5.41, 5.74) is 5.58. The number of carbonyl (C=O) groups is 1. The lowest BCUT2D eigenvalue weighted by atomic mass is 9.52. The second-order valence-electron chi connectivity index (χ2n) is 6.63. The van der Waals surface area contributed by atoms with Crippen LogP contribution in [0, 0.1) is 29.6 Å². The van der Waals surface area contributed by atoms with Gasteiger partial charge in [-0.3, -0.25) is 4.79 Å². The molecule has 0 aliphatic heterocycles. The number of amides is 1. The molecule has 0 heterocycles. The Morgan fingerprint density at radius 1 is 1.17 bits per heavy atom. The van der Waals surface area contributed by atoms with Gasteiger partial charge in [0.15, 0.2) is 0 Å². The Bertz CT molecular complexity index is 291. The molecule has 0 saturated heterocycles. The smallest absolute Gasteiger partial charge is 0.236 e. The van der Waals surface area contributed by atoms with Gasteiger partial charge in [-0.1, -0.05) is 0 Å². The molecule has 0 aromatic heterocycles. The molecule has 4 bridgehead atoms. The van der Waals surface area contributed by atoms with Gasteiger partial charge in [0.1, 0.15) is 0 Å². The van der Waals surface area contributed by atoms with E-state index in [4.69, 9.17) is 5.73 Å². The standard InChI is InChI=1S/C14H24N2O.ClH/c1-8(15)14(17)16-7-13-11-3-9-2-10(5-11)6-12(13)4-9;/h8-13H,2-7,15H2,1H3,(H,16,17);1H/t8-,9?,10?,11?,12?,13?;/m1./s1. The number of rotatable bonds is 3. The van der Waals surface area contributed by atoms with Crippen LogP contribution in [-0.4, -0.2) is 18.5 Å². The summed E-state index contributed by atoms with van der Waals surface area (Å²) in [6.07, 6.45) is 7.18. The Kier molecular flexibility index (Phi) is 4.22. The molecule has 4 aliphatic carbocycles. The Morgan fingerprint density at radius 2 is 1.67 bits per heavy atom. The van der Waals surface area contributed by atoms with E-state index in [9.17, 15) is 4.79 Å². The second kappa shape index (κ2) is 5.38. The minimum absolute atomic E-state index is 0. The monoisotopic (exact) mass is 272 g/mol. The van der Waals surface area contributed by atoms with Crippen LogP contribution in [0.15, 0.2) is 0 Å². The number of hydrogen-bond donors (Lipinski definition) is 2. The van der Waals surface area contributed by atoms with Crippen LogP contribution in [0.25, 0.3) is 0 Å². The van der Waals surface area contributed by atoms with E-state index < -0.39 is 0 Å². The van der Waals surface area contributed by atoms with Gasteiger partial charge in [0.05, 0.1) is 6.04 Å². The Balaban J connectivity index is 0.00000120. The summed E-state index contributed by atoms with van der Waals surface area (Å²) in [6, 6.07) is -0.369. The highest BCUT2D eigenvalue weighted by atomic mass is 35.5. The maximum absolute atomic E-state index is 11.5. The fourth-order valence-corrected chi connectivity index (χ4v) is 4.75. The van der Waals surface area contributed by atoms with Gasteiger partial charge in [0, 0.05) is 6.54 Å². The molecule has 4 saturated carbocycles. The Morgan fingerprint density at radius 3 is 2.11 bits per heavy atom. The van der Waals surface area contributed by atoms with Gasteiger partial charge < -0.3 is 11.1 Å². The maximum Gasteiger partial charge on any atom is 0.236 e. The summed E-state index contributed by atoms with van der Waals surface area (Å²) in [4.78, 5) is 11.5. The Hall–Kier alpha value is -0.280. The molecule has 4 heteroatoms. The number of nitrogens with two attached hydrogens (primary N) is 1. The van der Waals surface area contributed by atoms with Crippen LogP contribution >= 0.6 is 12.4 Å². The van der Waals surface area contributed by atoms with Crippen molar-refractivity contribution in [2.75, 3.05) is 6.54 Å². The van der Waals surface area contributed by atoms with Crippen LogP contribution in [0.5, 0.6) is 0 Å². The zero-order valence-electron chi connectivity index (χ0n) is 11.1. The topological polar surface area (TPSA) is 55.1 Å². The molecule has 18 heavy (non-hydrogen) atoms. The van der Waals surface area contributed by atoms with E-state index >= 15 is 0 Å². The third-order valence-corrected chi connectivity index (χ3v) is 5.35. The summed E-state index contributed by atoms with van der Waals surface area (Å²) in [5, 5.41) is 3.05. The minimum Gasteiger partial charge on any atom is -0.354 e. The van der Waals surface area contributed by atoms with Gasteiger partial charge >= 0.3 is 0 Å². The lowest BCUT2D eigenvalue weighted by molar-refractivity contribution is -0.123. The van der Waals surface area contributed by atoms with Crippen molar-refractivity contribution in [3.8, 4) is 0 Å². The summed E-state index contributed by atoms with van der Waals surface area (Å²) in [7, 11) is 0. The van der Waals surface area contributed by atoms with E-state index in [2.05, 4.69) is 5.32 Å². The van der Waals surface area contributed by atoms with Gasteiger partial charge in [-0.15, -0.1) is 12.4 Å². The third kappa shape index (κ3) is 2.53. The van der Waals surface area contributed by atoms with Crippen molar-refractivity contribution >= 4 is 18.3 Å². The number of nitrogens with one attached hydrogen (secondary N) is 1. The molecule has 3 nitrogen and oxygen atoms in total. The number of halogens is 1. The molecular weight excluding hydrogens is 248 g/mol. The first-order valence-electron chi connectivity index (χ1n) is 7.16. The van der Waals surface area contributed by atoms with Crippen molar-refractivity contribution < 1.29 is 4.79 Å².